The molecule has 1 heterocycles. The Morgan fingerprint density at radius 3 is 1.36 bits per heavy atom. The largest absolute Gasteiger partial charge is 0.452 e. The van der Waals surface area contributed by atoms with Crippen molar-refractivity contribution in [3.05, 3.63) is 0 Å². The number of azo groups is 1. The Labute approximate surface area is 214 Å². The summed E-state index contributed by atoms with van der Waals surface area (Å²) in [6, 6.07) is -0.0399. The van der Waals surface area contributed by atoms with Crippen molar-refractivity contribution in [1.29, 1.82) is 0 Å². The van der Waals surface area contributed by atoms with Crippen LogP contribution in [0.15, 0.2) is 10.2 Å². The third kappa shape index (κ3) is 10.9. The number of rotatable bonds is 3. The summed E-state index contributed by atoms with van der Waals surface area (Å²) in [4.78, 5) is 45.5. The average Bonchev–Trinajstić information content (AvgIpc) is 3.10. The summed E-state index contributed by atoms with van der Waals surface area (Å²) >= 11 is 0. The van der Waals surface area contributed by atoms with Gasteiger partial charge in [-0.2, -0.15) is 0 Å². The standard InChI is InChI=1S/C15H26N2O4.C6H10N2O3.C3H8O/c1-9(2)20-13(18)16-11-7-8-12(15(11,5)6)17(16)14(19)21-10(3)4;1-4(2)11-6(10)8-7-5(3)9;1-3(2)4/h9-12H,7-8H2,1-6H3;4H,1-3H3;3-4H,1-2H3. The number of hydrazine groups is 1. The maximum atomic E-state index is 12.4. The maximum Gasteiger partial charge on any atom is 0.452 e. The van der Waals surface area contributed by atoms with Gasteiger partial charge in [0.05, 0.1) is 30.4 Å². The number of amides is 4. The number of fused-ring (bicyclic) bond motifs is 2. The van der Waals surface area contributed by atoms with Gasteiger partial charge < -0.3 is 19.3 Å². The van der Waals surface area contributed by atoms with E-state index in [1.807, 2.05) is 0 Å². The molecule has 0 aromatic carbocycles. The van der Waals surface area contributed by atoms with E-state index in [0.717, 1.165) is 12.8 Å². The fourth-order valence-electron chi connectivity index (χ4n) is 3.74. The fraction of sp³-hybridized carbons (Fsp3) is 0.833. The molecule has 4 amide bonds. The SMILES string of the molecule is CC(=O)N=NC(=O)OC(C)C.CC(C)O.CC(C)OC(=O)N1C2CCC(N1C(=O)OC(C)C)C2(C)C. The highest BCUT2D eigenvalue weighted by molar-refractivity contribution is 5.77. The highest BCUT2D eigenvalue weighted by Crippen LogP contribution is 2.51. The summed E-state index contributed by atoms with van der Waals surface area (Å²) in [5, 5.41) is 17.0. The van der Waals surface area contributed by atoms with Crippen LogP contribution >= 0.6 is 0 Å². The summed E-state index contributed by atoms with van der Waals surface area (Å²) in [7, 11) is 0. The van der Waals surface area contributed by atoms with E-state index in [2.05, 4.69) is 28.8 Å². The quantitative estimate of drug-likeness (QED) is 0.403. The van der Waals surface area contributed by atoms with Crippen LogP contribution in [0.4, 0.5) is 14.4 Å². The summed E-state index contributed by atoms with van der Waals surface area (Å²) < 4.78 is 15.2. The lowest BCUT2D eigenvalue weighted by molar-refractivity contribution is -0.116. The van der Waals surface area contributed by atoms with Crippen molar-refractivity contribution >= 4 is 24.2 Å². The fourth-order valence-corrected chi connectivity index (χ4v) is 3.74. The van der Waals surface area contributed by atoms with Crippen LogP contribution in [-0.4, -0.2) is 75.8 Å². The lowest BCUT2D eigenvalue weighted by atomic mass is 9.85. The Kier molecular flexibility index (Phi) is 13.6. The molecule has 12 heteroatoms. The van der Waals surface area contributed by atoms with Crippen molar-refractivity contribution in [1.82, 2.24) is 10.0 Å². The second-order valence-corrected chi connectivity index (χ2v) is 10.2. The van der Waals surface area contributed by atoms with Crippen LogP contribution in [0.1, 0.15) is 89.0 Å². The minimum atomic E-state index is -0.838. The molecule has 2 unspecified atom stereocenters. The smallest absolute Gasteiger partial charge is 0.445 e. The maximum absolute atomic E-state index is 12.4. The predicted molar refractivity (Wildman–Crippen MR) is 132 cm³/mol. The average molecular weight is 517 g/mol. The van der Waals surface area contributed by atoms with Crippen LogP contribution in [0, 0.1) is 5.41 Å². The molecule has 0 radical (unpaired) electrons. The Bertz CT molecular complexity index is 739. The molecule has 2 fully saturated rings. The second kappa shape index (κ2) is 14.7. The van der Waals surface area contributed by atoms with E-state index in [4.69, 9.17) is 14.6 Å². The zero-order valence-electron chi connectivity index (χ0n) is 23.5. The van der Waals surface area contributed by atoms with Crippen molar-refractivity contribution < 1.29 is 38.5 Å². The number of nitrogens with zero attached hydrogens (tertiary/aromatic N) is 4. The first-order chi connectivity index (χ1) is 16.4. The second-order valence-electron chi connectivity index (χ2n) is 10.2. The molecule has 208 valence electrons. The number of carbonyl (C=O) groups is 4. The first-order valence-electron chi connectivity index (χ1n) is 12.2. The summed E-state index contributed by atoms with van der Waals surface area (Å²) in [5.74, 6) is -0.522. The molecule has 36 heavy (non-hydrogen) atoms. The van der Waals surface area contributed by atoms with E-state index in [1.54, 1.807) is 55.4 Å². The Morgan fingerprint density at radius 2 is 1.08 bits per heavy atom. The van der Waals surface area contributed by atoms with Gasteiger partial charge in [0, 0.05) is 18.4 Å². The van der Waals surface area contributed by atoms with Gasteiger partial charge in [0.1, 0.15) is 0 Å². The lowest BCUT2D eigenvalue weighted by Gasteiger charge is -2.36. The molecule has 0 aromatic heterocycles. The summed E-state index contributed by atoms with van der Waals surface area (Å²) in [6.07, 6.45) is -0.849. The minimum absolute atomic E-state index is 0.0199. The molecule has 1 aliphatic carbocycles. The van der Waals surface area contributed by atoms with Gasteiger partial charge in [-0.3, -0.25) is 4.79 Å². The Hall–Kier alpha value is -2.76. The molecule has 1 saturated carbocycles. The number of hydrogen-bond donors (Lipinski definition) is 1. The monoisotopic (exact) mass is 516 g/mol. The Balaban J connectivity index is 0.000000686. The van der Waals surface area contributed by atoms with Crippen LogP contribution in [0.3, 0.4) is 0 Å². The minimum Gasteiger partial charge on any atom is -0.445 e. The van der Waals surface area contributed by atoms with Gasteiger partial charge in [0.25, 0.3) is 5.91 Å². The van der Waals surface area contributed by atoms with E-state index in [1.165, 1.54) is 16.9 Å². The molecule has 2 atom stereocenters. The third-order valence-electron chi connectivity index (χ3n) is 4.91. The molecule has 2 aliphatic rings. The van der Waals surface area contributed by atoms with Crippen LogP contribution < -0.4 is 0 Å². The summed E-state index contributed by atoms with van der Waals surface area (Å²) in [6.45, 7) is 19.4. The number of carbonyl (C=O) groups excluding carboxylic acids is 4. The molecular formula is C24H44N4O8. The van der Waals surface area contributed by atoms with E-state index in [-0.39, 0.29) is 41.9 Å². The van der Waals surface area contributed by atoms with Crippen molar-refractivity contribution in [2.45, 2.75) is 126 Å². The van der Waals surface area contributed by atoms with E-state index >= 15 is 0 Å². The third-order valence-corrected chi connectivity index (χ3v) is 4.91. The van der Waals surface area contributed by atoms with Crippen molar-refractivity contribution in [3.63, 3.8) is 0 Å². The van der Waals surface area contributed by atoms with Gasteiger partial charge in [-0.25, -0.2) is 24.4 Å². The van der Waals surface area contributed by atoms with Crippen LogP contribution in [0.2, 0.25) is 0 Å². The van der Waals surface area contributed by atoms with Crippen molar-refractivity contribution in [2.24, 2.45) is 15.6 Å². The molecule has 0 aromatic rings. The summed E-state index contributed by atoms with van der Waals surface area (Å²) in [5.41, 5.74) is -0.147. The molecule has 12 nitrogen and oxygen atoms in total. The topological polar surface area (TPSA) is 147 Å². The van der Waals surface area contributed by atoms with Crippen molar-refractivity contribution in [3.8, 4) is 0 Å². The molecule has 2 bridgehead atoms. The number of aliphatic hydroxyl groups is 1. The zero-order valence-corrected chi connectivity index (χ0v) is 23.5. The van der Waals surface area contributed by atoms with Gasteiger partial charge in [-0.05, 0) is 68.2 Å². The van der Waals surface area contributed by atoms with Gasteiger partial charge in [0.2, 0.25) is 0 Å². The zero-order chi connectivity index (χ0) is 28.4. The molecule has 1 N–H and O–H groups in total. The van der Waals surface area contributed by atoms with E-state index < -0.39 is 24.2 Å². The van der Waals surface area contributed by atoms with Gasteiger partial charge in [-0.1, -0.05) is 19.0 Å². The predicted octanol–water partition coefficient (Wildman–Crippen LogP) is 5.08. The number of aliphatic hydroxyl groups excluding tert-OH is 1. The highest BCUT2D eigenvalue weighted by Gasteiger charge is 2.61. The van der Waals surface area contributed by atoms with Crippen molar-refractivity contribution in [2.75, 3.05) is 0 Å². The lowest BCUT2D eigenvalue weighted by Crippen LogP contribution is -2.54. The normalized spacial score (nSPS) is 19.8. The highest BCUT2D eigenvalue weighted by atomic mass is 16.6. The van der Waals surface area contributed by atoms with E-state index in [9.17, 15) is 19.2 Å². The number of hydrogen-bond acceptors (Lipinski definition) is 8. The molecular weight excluding hydrogens is 472 g/mol. The van der Waals surface area contributed by atoms with Gasteiger partial charge >= 0.3 is 18.3 Å². The van der Waals surface area contributed by atoms with Crippen LogP contribution in [0.5, 0.6) is 0 Å². The van der Waals surface area contributed by atoms with Crippen LogP contribution in [-0.2, 0) is 19.0 Å². The molecule has 0 spiro atoms. The molecule has 1 aliphatic heterocycles. The molecule has 2 rings (SSSR count). The van der Waals surface area contributed by atoms with Crippen LogP contribution in [0.25, 0.3) is 0 Å². The van der Waals surface area contributed by atoms with E-state index in [0.29, 0.717) is 0 Å². The van der Waals surface area contributed by atoms with Gasteiger partial charge in [-0.15, -0.1) is 5.11 Å². The Morgan fingerprint density at radius 1 is 0.750 bits per heavy atom. The first kappa shape index (κ1) is 33.2. The number of ether oxygens (including phenoxy) is 3. The van der Waals surface area contributed by atoms with Gasteiger partial charge in [0.15, 0.2) is 0 Å². The first-order valence-corrected chi connectivity index (χ1v) is 12.2. The molecule has 1 saturated heterocycles.